The summed E-state index contributed by atoms with van der Waals surface area (Å²) >= 11 is 0. The SMILES string of the molecule is CNC(=O)/C=C/C(C)=C/C(C)C(=O)c1ccc(N(C)C)cc1. The summed E-state index contributed by atoms with van der Waals surface area (Å²) in [5.41, 5.74) is 2.64. The second kappa shape index (κ2) is 8.17. The number of anilines is 1. The molecule has 0 saturated heterocycles. The molecule has 0 aliphatic carbocycles. The van der Waals surface area contributed by atoms with E-state index in [9.17, 15) is 9.59 Å². The summed E-state index contributed by atoms with van der Waals surface area (Å²) in [6.45, 7) is 3.73. The number of rotatable bonds is 6. The number of carbonyl (C=O) groups excluding carboxylic acids is 2. The van der Waals surface area contributed by atoms with E-state index in [-0.39, 0.29) is 17.6 Å². The van der Waals surface area contributed by atoms with E-state index < -0.39 is 0 Å². The minimum atomic E-state index is -0.237. The van der Waals surface area contributed by atoms with Crippen LogP contribution < -0.4 is 10.2 Å². The Balaban J connectivity index is 2.79. The Morgan fingerprint density at radius 2 is 1.73 bits per heavy atom. The fourth-order valence-electron chi connectivity index (χ4n) is 2.00. The summed E-state index contributed by atoms with van der Waals surface area (Å²) in [7, 11) is 5.50. The molecule has 0 radical (unpaired) electrons. The van der Waals surface area contributed by atoms with Crippen LogP contribution in [0.4, 0.5) is 5.69 Å². The highest BCUT2D eigenvalue weighted by atomic mass is 16.1. The summed E-state index contributed by atoms with van der Waals surface area (Å²) in [6.07, 6.45) is 5.02. The van der Waals surface area contributed by atoms with E-state index in [0.717, 1.165) is 11.3 Å². The van der Waals surface area contributed by atoms with Gasteiger partial charge in [-0.05, 0) is 31.2 Å². The molecule has 118 valence electrons. The average molecular weight is 300 g/mol. The van der Waals surface area contributed by atoms with Crippen LogP contribution in [0.5, 0.6) is 0 Å². The molecular weight excluding hydrogens is 276 g/mol. The normalized spacial score (nSPS) is 13.0. The molecule has 1 aromatic carbocycles. The van der Waals surface area contributed by atoms with Crippen molar-refractivity contribution in [2.24, 2.45) is 5.92 Å². The molecule has 0 aliphatic rings. The Morgan fingerprint density at radius 3 is 2.23 bits per heavy atom. The van der Waals surface area contributed by atoms with Crippen molar-refractivity contribution in [2.45, 2.75) is 13.8 Å². The first-order chi connectivity index (χ1) is 10.3. The van der Waals surface area contributed by atoms with E-state index >= 15 is 0 Å². The first kappa shape index (κ1) is 17.7. The molecule has 4 nitrogen and oxygen atoms in total. The molecule has 0 spiro atoms. The molecule has 1 atom stereocenters. The molecule has 0 fully saturated rings. The molecule has 1 N–H and O–H groups in total. The topological polar surface area (TPSA) is 49.4 Å². The van der Waals surface area contributed by atoms with Crippen LogP contribution in [0.3, 0.4) is 0 Å². The molecule has 1 rings (SSSR count). The molecule has 1 amide bonds. The van der Waals surface area contributed by atoms with Crippen molar-refractivity contribution in [2.75, 3.05) is 26.0 Å². The maximum absolute atomic E-state index is 12.4. The average Bonchev–Trinajstić information content (AvgIpc) is 2.51. The number of Topliss-reactive ketones (excluding diaryl/α,β-unsaturated/α-hetero) is 1. The van der Waals surface area contributed by atoms with Gasteiger partial charge >= 0.3 is 0 Å². The molecule has 0 bridgehead atoms. The van der Waals surface area contributed by atoms with Gasteiger partial charge in [0.25, 0.3) is 0 Å². The van der Waals surface area contributed by atoms with E-state index in [4.69, 9.17) is 0 Å². The zero-order valence-corrected chi connectivity index (χ0v) is 13.9. The van der Waals surface area contributed by atoms with Crippen molar-refractivity contribution in [3.63, 3.8) is 0 Å². The molecule has 0 heterocycles. The standard InChI is InChI=1S/C18H24N2O2/c1-13(6-11-17(21)19-3)12-14(2)18(22)15-7-9-16(10-8-15)20(4)5/h6-12,14H,1-5H3,(H,19,21)/b11-6+,13-12+. The minimum absolute atomic E-state index is 0.0676. The van der Waals surface area contributed by atoms with Gasteiger partial charge in [0.1, 0.15) is 0 Å². The number of nitrogens with zero attached hydrogens (tertiary/aromatic N) is 1. The molecule has 0 aliphatic heterocycles. The number of hydrogen-bond donors (Lipinski definition) is 1. The number of benzene rings is 1. The molecule has 1 aromatic rings. The van der Waals surface area contributed by atoms with Crippen LogP contribution in [0.25, 0.3) is 0 Å². The summed E-state index contributed by atoms with van der Waals surface area (Å²) in [5, 5.41) is 2.51. The number of nitrogens with one attached hydrogen (secondary N) is 1. The van der Waals surface area contributed by atoms with Gasteiger partial charge < -0.3 is 10.2 Å². The van der Waals surface area contributed by atoms with Gasteiger partial charge in [0.15, 0.2) is 5.78 Å². The number of carbonyl (C=O) groups is 2. The van der Waals surface area contributed by atoms with Crippen molar-refractivity contribution in [1.82, 2.24) is 5.32 Å². The Labute approximate surface area is 132 Å². The summed E-state index contributed by atoms with van der Waals surface area (Å²) in [6, 6.07) is 7.56. The third kappa shape index (κ3) is 5.20. The predicted molar refractivity (Wildman–Crippen MR) is 91.2 cm³/mol. The second-order valence-electron chi connectivity index (χ2n) is 5.45. The zero-order chi connectivity index (χ0) is 16.7. The Bertz CT molecular complexity index is 584. The van der Waals surface area contributed by atoms with E-state index in [0.29, 0.717) is 5.56 Å². The van der Waals surface area contributed by atoms with E-state index in [1.807, 2.05) is 63.2 Å². The highest BCUT2D eigenvalue weighted by Crippen LogP contribution is 2.17. The summed E-state index contributed by atoms with van der Waals surface area (Å²) in [4.78, 5) is 25.5. The lowest BCUT2D eigenvalue weighted by Crippen LogP contribution is -2.14. The minimum Gasteiger partial charge on any atom is -0.378 e. The number of amides is 1. The van der Waals surface area contributed by atoms with Gasteiger partial charge in [-0.2, -0.15) is 0 Å². The van der Waals surface area contributed by atoms with Crippen molar-refractivity contribution in [1.29, 1.82) is 0 Å². The van der Waals surface area contributed by atoms with Gasteiger partial charge in [-0.1, -0.05) is 24.6 Å². The van der Waals surface area contributed by atoms with Crippen LogP contribution in [0.15, 0.2) is 48.1 Å². The molecule has 1 unspecified atom stereocenters. The number of allylic oxidation sites excluding steroid dienone is 3. The molecule has 4 heteroatoms. The highest BCUT2D eigenvalue weighted by molar-refractivity contribution is 5.99. The van der Waals surface area contributed by atoms with Crippen LogP contribution in [0.2, 0.25) is 0 Å². The maximum Gasteiger partial charge on any atom is 0.243 e. The maximum atomic E-state index is 12.4. The van der Waals surface area contributed by atoms with Crippen LogP contribution >= 0.6 is 0 Å². The largest absolute Gasteiger partial charge is 0.378 e. The van der Waals surface area contributed by atoms with Crippen LogP contribution in [-0.2, 0) is 4.79 Å². The van der Waals surface area contributed by atoms with Crippen molar-refractivity contribution in [3.05, 3.63) is 53.6 Å². The van der Waals surface area contributed by atoms with E-state index in [1.165, 1.54) is 6.08 Å². The molecule has 22 heavy (non-hydrogen) atoms. The van der Waals surface area contributed by atoms with Crippen molar-refractivity contribution < 1.29 is 9.59 Å². The lowest BCUT2D eigenvalue weighted by atomic mass is 9.97. The fraction of sp³-hybridized carbons (Fsp3) is 0.333. The lowest BCUT2D eigenvalue weighted by Gasteiger charge is -2.13. The van der Waals surface area contributed by atoms with E-state index in [1.54, 1.807) is 13.1 Å². The number of likely N-dealkylation sites (N-methyl/N-ethyl adjacent to an activating group) is 1. The van der Waals surface area contributed by atoms with Crippen LogP contribution in [-0.4, -0.2) is 32.8 Å². The van der Waals surface area contributed by atoms with Crippen molar-refractivity contribution in [3.8, 4) is 0 Å². The van der Waals surface area contributed by atoms with Gasteiger partial charge in [-0.15, -0.1) is 0 Å². The monoisotopic (exact) mass is 300 g/mol. The highest BCUT2D eigenvalue weighted by Gasteiger charge is 2.13. The molecular formula is C18H24N2O2. The van der Waals surface area contributed by atoms with Gasteiger partial charge in [0, 0.05) is 44.4 Å². The Morgan fingerprint density at radius 1 is 1.14 bits per heavy atom. The van der Waals surface area contributed by atoms with Crippen LogP contribution in [0.1, 0.15) is 24.2 Å². The predicted octanol–water partition coefficient (Wildman–Crippen LogP) is 2.82. The van der Waals surface area contributed by atoms with Gasteiger partial charge in [0.2, 0.25) is 5.91 Å². The van der Waals surface area contributed by atoms with Crippen LogP contribution in [0, 0.1) is 5.92 Å². The van der Waals surface area contributed by atoms with Gasteiger partial charge in [-0.25, -0.2) is 0 Å². The van der Waals surface area contributed by atoms with E-state index in [2.05, 4.69) is 5.32 Å². The molecule has 0 aromatic heterocycles. The lowest BCUT2D eigenvalue weighted by molar-refractivity contribution is -0.116. The van der Waals surface area contributed by atoms with Crippen molar-refractivity contribution >= 4 is 17.4 Å². The zero-order valence-electron chi connectivity index (χ0n) is 13.9. The number of ketones is 1. The van der Waals surface area contributed by atoms with Gasteiger partial charge in [0.05, 0.1) is 0 Å². The quantitative estimate of drug-likeness (QED) is 0.499. The summed E-state index contributed by atoms with van der Waals surface area (Å²) < 4.78 is 0. The third-order valence-electron chi connectivity index (χ3n) is 3.34. The Kier molecular flexibility index (Phi) is 6.57. The first-order valence-corrected chi connectivity index (χ1v) is 7.25. The third-order valence-corrected chi connectivity index (χ3v) is 3.34. The molecule has 0 saturated carbocycles. The number of hydrogen-bond acceptors (Lipinski definition) is 3. The van der Waals surface area contributed by atoms with Gasteiger partial charge in [-0.3, -0.25) is 9.59 Å². The Hall–Kier alpha value is -2.36. The fourth-order valence-corrected chi connectivity index (χ4v) is 2.00. The summed E-state index contributed by atoms with van der Waals surface area (Å²) in [5.74, 6) is -0.330. The smallest absolute Gasteiger partial charge is 0.243 e. The first-order valence-electron chi connectivity index (χ1n) is 7.25. The second-order valence-corrected chi connectivity index (χ2v) is 5.45.